The Morgan fingerprint density at radius 2 is 1.86 bits per heavy atom. The van der Waals surface area contributed by atoms with E-state index in [0.717, 1.165) is 43.5 Å². The van der Waals surface area contributed by atoms with Gasteiger partial charge in [0, 0.05) is 43.5 Å². The van der Waals surface area contributed by atoms with E-state index in [1.165, 1.54) is 12.6 Å². The molecule has 0 saturated heterocycles. The van der Waals surface area contributed by atoms with Crippen LogP contribution in [-0.4, -0.2) is 40.3 Å². The van der Waals surface area contributed by atoms with Crippen molar-refractivity contribution in [2.24, 2.45) is 0 Å². The quantitative estimate of drug-likeness (QED) is 0.804. The molecule has 1 saturated carbocycles. The Hall–Kier alpha value is -2.22. The SMILES string of the molecule is CN(CCO)c1nc(Cc2cc(C(F)(F)F)ccn2)cc(C2CCCCC2)n1. The summed E-state index contributed by atoms with van der Waals surface area (Å²) in [6.07, 6.45) is 2.63. The van der Waals surface area contributed by atoms with Crippen molar-refractivity contribution < 1.29 is 18.3 Å². The van der Waals surface area contributed by atoms with Gasteiger partial charge in [-0.3, -0.25) is 4.98 Å². The van der Waals surface area contributed by atoms with Crippen molar-refractivity contribution in [3.05, 3.63) is 47.0 Å². The number of halogens is 3. The number of hydrogen-bond donors (Lipinski definition) is 1. The molecule has 0 bridgehead atoms. The lowest BCUT2D eigenvalue weighted by molar-refractivity contribution is -0.137. The highest BCUT2D eigenvalue weighted by Crippen LogP contribution is 2.33. The molecular formula is C20H25F3N4O. The first kappa shape index (κ1) is 20.5. The van der Waals surface area contributed by atoms with Crippen LogP contribution in [0.1, 0.15) is 60.7 Å². The van der Waals surface area contributed by atoms with E-state index >= 15 is 0 Å². The van der Waals surface area contributed by atoms with E-state index in [1.807, 2.05) is 6.07 Å². The molecule has 0 spiro atoms. The van der Waals surface area contributed by atoms with Crippen molar-refractivity contribution in [2.75, 3.05) is 25.1 Å². The summed E-state index contributed by atoms with van der Waals surface area (Å²) in [5, 5.41) is 9.21. The predicted octanol–water partition coefficient (Wildman–Crippen LogP) is 3.96. The third-order valence-electron chi connectivity index (χ3n) is 5.09. The van der Waals surface area contributed by atoms with Crippen LogP contribution in [0.15, 0.2) is 24.4 Å². The van der Waals surface area contributed by atoms with Crippen molar-refractivity contribution in [1.82, 2.24) is 15.0 Å². The van der Waals surface area contributed by atoms with Crippen LogP contribution in [0, 0.1) is 0 Å². The Kier molecular flexibility index (Phi) is 6.49. The van der Waals surface area contributed by atoms with Gasteiger partial charge >= 0.3 is 6.18 Å². The Morgan fingerprint density at radius 3 is 2.54 bits per heavy atom. The number of hydrogen-bond acceptors (Lipinski definition) is 5. The number of anilines is 1. The molecule has 0 aromatic carbocycles. The Bertz CT molecular complexity index is 791. The Labute approximate surface area is 162 Å². The van der Waals surface area contributed by atoms with Gasteiger partial charge in [0.1, 0.15) is 0 Å². The van der Waals surface area contributed by atoms with Gasteiger partial charge < -0.3 is 10.0 Å². The molecule has 2 aromatic heterocycles. The Morgan fingerprint density at radius 1 is 1.11 bits per heavy atom. The smallest absolute Gasteiger partial charge is 0.395 e. The second-order valence-corrected chi connectivity index (χ2v) is 7.27. The lowest BCUT2D eigenvalue weighted by Crippen LogP contribution is -2.25. The Balaban J connectivity index is 1.91. The highest BCUT2D eigenvalue weighted by atomic mass is 19.4. The van der Waals surface area contributed by atoms with Crippen LogP contribution in [0.2, 0.25) is 0 Å². The average molecular weight is 394 g/mol. The molecule has 0 aliphatic heterocycles. The normalized spacial score (nSPS) is 15.6. The second kappa shape index (κ2) is 8.86. The van der Waals surface area contributed by atoms with Gasteiger partial charge in [-0.15, -0.1) is 0 Å². The summed E-state index contributed by atoms with van der Waals surface area (Å²) in [5.74, 6) is 0.824. The van der Waals surface area contributed by atoms with Crippen molar-refractivity contribution >= 4 is 5.95 Å². The first-order chi connectivity index (χ1) is 13.4. The highest BCUT2D eigenvalue weighted by Gasteiger charge is 2.30. The number of pyridine rings is 1. The molecule has 28 heavy (non-hydrogen) atoms. The number of rotatable bonds is 6. The molecular weight excluding hydrogens is 369 g/mol. The van der Waals surface area contributed by atoms with Gasteiger partial charge in [0.25, 0.3) is 0 Å². The minimum Gasteiger partial charge on any atom is -0.395 e. The second-order valence-electron chi connectivity index (χ2n) is 7.27. The predicted molar refractivity (Wildman–Crippen MR) is 100 cm³/mol. The molecule has 1 aliphatic rings. The number of aliphatic hydroxyl groups is 1. The number of aliphatic hydroxyl groups excluding tert-OH is 1. The van der Waals surface area contributed by atoms with Crippen LogP contribution in [0.4, 0.5) is 19.1 Å². The van der Waals surface area contributed by atoms with E-state index in [2.05, 4.69) is 15.0 Å². The number of nitrogens with zero attached hydrogens (tertiary/aromatic N) is 4. The first-order valence-corrected chi connectivity index (χ1v) is 9.59. The highest BCUT2D eigenvalue weighted by molar-refractivity contribution is 5.34. The number of alkyl halides is 3. The van der Waals surface area contributed by atoms with Crippen molar-refractivity contribution in [1.29, 1.82) is 0 Å². The van der Waals surface area contributed by atoms with Crippen LogP contribution in [0.5, 0.6) is 0 Å². The molecule has 2 heterocycles. The fourth-order valence-electron chi connectivity index (χ4n) is 3.56. The molecule has 2 aromatic rings. The van der Waals surface area contributed by atoms with Crippen LogP contribution < -0.4 is 4.90 Å². The van der Waals surface area contributed by atoms with Gasteiger partial charge in [0.2, 0.25) is 5.95 Å². The summed E-state index contributed by atoms with van der Waals surface area (Å²) >= 11 is 0. The van der Waals surface area contributed by atoms with Gasteiger partial charge in [0.05, 0.1) is 17.9 Å². The monoisotopic (exact) mass is 394 g/mol. The fraction of sp³-hybridized carbons (Fsp3) is 0.550. The molecule has 1 aliphatic carbocycles. The van der Waals surface area contributed by atoms with Crippen molar-refractivity contribution in [3.8, 4) is 0 Å². The van der Waals surface area contributed by atoms with Gasteiger partial charge in [-0.25, -0.2) is 9.97 Å². The van der Waals surface area contributed by atoms with Crippen LogP contribution in [0.25, 0.3) is 0 Å². The zero-order valence-corrected chi connectivity index (χ0v) is 15.9. The lowest BCUT2D eigenvalue weighted by atomic mass is 9.86. The topological polar surface area (TPSA) is 62.1 Å². The van der Waals surface area contributed by atoms with Gasteiger partial charge in [-0.2, -0.15) is 13.2 Å². The third kappa shape index (κ3) is 5.19. The lowest BCUT2D eigenvalue weighted by Gasteiger charge is -2.24. The summed E-state index contributed by atoms with van der Waals surface area (Å²) in [7, 11) is 1.79. The number of likely N-dealkylation sites (N-methyl/N-ethyl adjacent to an activating group) is 1. The van der Waals surface area contributed by atoms with E-state index in [0.29, 0.717) is 29.8 Å². The summed E-state index contributed by atoms with van der Waals surface area (Å²) in [4.78, 5) is 15.0. The van der Waals surface area contributed by atoms with E-state index in [-0.39, 0.29) is 13.0 Å². The third-order valence-corrected chi connectivity index (χ3v) is 5.09. The van der Waals surface area contributed by atoms with Crippen molar-refractivity contribution in [3.63, 3.8) is 0 Å². The van der Waals surface area contributed by atoms with E-state index in [4.69, 9.17) is 0 Å². The first-order valence-electron chi connectivity index (χ1n) is 9.59. The molecule has 1 fully saturated rings. The summed E-state index contributed by atoms with van der Waals surface area (Å²) < 4.78 is 39.0. The summed E-state index contributed by atoms with van der Waals surface area (Å²) in [6.45, 7) is 0.355. The maximum atomic E-state index is 13.0. The molecule has 0 unspecified atom stereocenters. The van der Waals surface area contributed by atoms with Gasteiger partial charge in [-0.05, 0) is 31.0 Å². The maximum Gasteiger partial charge on any atom is 0.416 e. The van der Waals surface area contributed by atoms with E-state index in [9.17, 15) is 18.3 Å². The molecule has 1 N–H and O–H groups in total. The van der Waals surface area contributed by atoms with Crippen LogP contribution >= 0.6 is 0 Å². The van der Waals surface area contributed by atoms with Crippen molar-refractivity contribution in [2.45, 2.75) is 50.6 Å². The molecule has 0 atom stereocenters. The molecule has 3 rings (SSSR count). The van der Waals surface area contributed by atoms with Crippen LogP contribution in [-0.2, 0) is 12.6 Å². The van der Waals surface area contributed by atoms with Gasteiger partial charge in [-0.1, -0.05) is 19.3 Å². The molecule has 152 valence electrons. The average Bonchev–Trinajstić information content (AvgIpc) is 2.68. The largest absolute Gasteiger partial charge is 0.416 e. The zero-order chi connectivity index (χ0) is 20.1. The van der Waals surface area contributed by atoms with Gasteiger partial charge in [0.15, 0.2) is 0 Å². The minimum atomic E-state index is -4.40. The fourth-order valence-corrected chi connectivity index (χ4v) is 3.56. The molecule has 8 heteroatoms. The van der Waals surface area contributed by atoms with E-state index in [1.54, 1.807) is 11.9 Å². The maximum absolute atomic E-state index is 13.0. The molecule has 0 amide bonds. The summed E-state index contributed by atoms with van der Waals surface area (Å²) in [6, 6.07) is 3.94. The zero-order valence-electron chi connectivity index (χ0n) is 15.9. The summed E-state index contributed by atoms with van der Waals surface area (Å²) in [5.41, 5.74) is 1.18. The van der Waals surface area contributed by atoms with E-state index < -0.39 is 11.7 Å². The standard InChI is InChI=1S/C20H25F3N4O/c1-27(9-10-28)19-25-17(13-18(26-19)14-5-3-2-4-6-14)12-16-11-15(7-8-24-16)20(21,22)23/h7-8,11,13-14,28H,2-6,9-10,12H2,1H3. The molecule has 5 nitrogen and oxygen atoms in total. The minimum absolute atomic E-state index is 0.0297. The molecule has 0 radical (unpaired) electrons. The van der Waals surface area contributed by atoms with Crippen LogP contribution in [0.3, 0.4) is 0 Å². The number of aromatic nitrogens is 3.